The predicted octanol–water partition coefficient (Wildman–Crippen LogP) is 2.35. The Bertz CT molecular complexity index is 425. The third-order valence-corrected chi connectivity index (χ3v) is 2.72. The molecule has 0 aromatic heterocycles. The molecule has 94 valence electrons. The first kappa shape index (κ1) is 13.7. The Hall–Kier alpha value is -1.33. The van der Waals surface area contributed by atoms with E-state index in [2.05, 4.69) is 0 Å². The topological polar surface area (TPSA) is 72.5 Å². The van der Waals surface area contributed by atoms with Crippen LogP contribution in [0.15, 0.2) is 12.1 Å². The predicted molar refractivity (Wildman–Crippen MR) is 61.8 cm³/mol. The van der Waals surface area contributed by atoms with Crippen LogP contribution in [0, 0.1) is 5.82 Å². The number of ether oxygens (including phenoxy) is 1. The Morgan fingerprint density at radius 3 is 2.82 bits per heavy atom. The monoisotopic (exact) mass is 261 g/mol. The van der Waals surface area contributed by atoms with E-state index in [1.165, 1.54) is 19.2 Å². The van der Waals surface area contributed by atoms with Gasteiger partial charge in [0.15, 0.2) is 0 Å². The molecule has 0 aliphatic carbocycles. The molecule has 6 heteroatoms. The van der Waals surface area contributed by atoms with Gasteiger partial charge in [0.2, 0.25) is 0 Å². The number of halogens is 2. The Kier molecular flexibility index (Phi) is 4.72. The van der Waals surface area contributed by atoms with E-state index in [4.69, 9.17) is 27.2 Å². The SMILES string of the molecule is COc1ccc(C(N)CCC(=O)O)c(F)c1Cl. The van der Waals surface area contributed by atoms with E-state index >= 15 is 0 Å². The molecule has 1 aromatic carbocycles. The number of benzene rings is 1. The maximum Gasteiger partial charge on any atom is 0.303 e. The summed E-state index contributed by atoms with van der Waals surface area (Å²) in [7, 11) is 1.38. The van der Waals surface area contributed by atoms with Crippen molar-refractivity contribution < 1.29 is 19.0 Å². The van der Waals surface area contributed by atoms with Crippen molar-refractivity contribution in [2.24, 2.45) is 5.73 Å². The van der Waals surface area contributed by atoms with Crippen LogP contribution in [0.2, 0.25) is 5.02 Å². The largest absolute Gasteiger partial charge is 0.495 e. The van der Waals surface area contributed by atoms with Gasteiger partial charge in [-0.3, -0.25) is 4.79 Å². The Morgan fingerprint density at radius 1 is 1.65 bits per heavy atom. The average molecular weight is 262 g/mol. The molecule has 0 aliphatic heterocycles. The molecule has 1 unspecified atom stereocenters. The molecule has 1 atom stereocenters. The van der Waals surface area contributed by atoms with Gasteiger partial charge in [-0.25, -0.2) is 4.39 Å². The minimum atomic E-state index is -0.972. The molecule has 4 nitrogen and oxygen atoms in total. The number of aliphatic carboxylic acids is 1. The van der Waals surface area contributed by atoms with Crippen molar-refractivity contribution in [2.75, 3.05) is 7.11 Å². The van der Waals surface area contributed by atoms with Gasteiger partial charge in [-0.05, 0) is 12.5 Å². The lowest BCUT2D eigenvalue weighted by molar-refractivity contribution is -0.137. The van der Waals surface area contributed by atoms with Gasteiger partial charge in [0.1, 0.15) is 16.6 Å². The number of methoxy groups -OCH3 is 1. The van der Waals surface area contributed by atoms with Gasteiger partial charge in [0, 0.05) is 18.0 Å². The van der Waals surface area contributed by atoms with Crippen molar-refractivity contribution in [2.45, 2.75) is 18.9 Å². The fourth-order valence-electron chi connectivity index (χ4n) is 1.43. The molecule has 0 fully saturated rings. The lowest BCUT2D eigenvalue weighted by Crippen LogP contribution is -2.14. The molecule has 0 amide bonds. The summed E-state index contributed by atoms with van der Waals surface area (Å²) < 4.78 is 18.6. The fraction of sp³-hybridized carbons (Fsp3) is 0.364. The average Bonchev–Trinajstić information content (AvgIpc) is 2.29. The summed E-state index contributed by atoms with van der Waals surface area (Å²) in [6.45, 7) is 0. The van der Waals surface area contributed by atoms with Crippen molar-refractivity contribution in [1.29, 1.82) is 0 Å². The van der Waals surface area contributed by atoms with Crippen LogP contribution >= 0.6 is 11.6 Å². The van der Waals surface area contributed by atoms with E-state index in [0.29, 0.717) is 0 Å². The number of carbonyl (C=O) groups is 1. The van der Waals surface area contributed by atoms with Gasteiger partial charge in [-0.2, -0.15) is 0 Å². The summed E-state index contributed by atoms with van der Waals surface area (Å²) >= 11 is 5.73. The molecule has 1 aromatic rings. The first-order valence-electron chi connectivity index (χ1n) is 4.96. The van der Waals surface area contributed by atoms with Gasteiger partial charge in [0.05, 0.1) is 7.11 Å². The van der Waals surface area contributed by atoms with E-state index in [1.54, 1.807) is 0 Å². The van der Waals surface area contributed by atoms with Crippen LogP contribution in [-0.4, -0.2) is 18.2 Å². The van der Waals surface area contributed by atoms with Crippen molar-refractivity contribution >= 4 is 17.6 Å². The van der Waals surface area contributed by atoms with E-state index in [9.17, 15) is 9.18 Å². The number of hydrogen-bond acceptors (Lipinski definition) is 3. The van der Waals surface area contributed by atoms with Gasteiger partial charge in [0.25, 0.3) is 0 Å². The molecule has 3 N–H and O–H groups in total. The Labute approximate surface area is 103 Å². The summed E-state index contributed by atoms with van der Waals surface area (Å²) in [5.74, 6) is -1.41. The zero-order valence-corrected chi connectivity index (χ0v) is 10.00. The number of hydrogen-bond donors (Lipinski definition) is 2. The van der Waals surface area contributed by atoms with Gasteiger partial charge >= 0.3 is 5.97 Å². The molecule has 0 spiro atoms. The molecule has 0 saturated heterocycles. The van der Waals surface area contributed by atoms with Crippen molar-refractivity contribution in [1.82, 2.24) is 0 Å². The summed E-state index contributed by atoms with van der Waals surface area (Å²) in [5, 5.41) is 8.38. The van der Waals surface area contributed by atoms with Crippen LogP contribution in [0.4, 0.5) is 4.39 Å². The molecule has 0 radical (unpaired) electrons. The third-order valence-electron chi connectivity index (χ3n) is 2.37. The first-order valence-corrected chi connectivity index (χ1v) is 5.34. The maximum absolute atomic E-state index is 13.8. The number of carboxylic acids is 1. The second-order valence-electron chi connectivity index (χ2n) is 3.52. The number of nitrogens with two attached hydrogens (primary N) is 1. The molecule has 0 heterocycles. The van der Waals surface area contributed by atoms with E-state index in [0.717, 1.165) is 0 Å². The van der Waals surface area contributed by atoms with Gasteiger partial charge in [-0.15, -0.1) is 0 Å². The van der Waals surface area contributed by atoms with Crippen molar-refractivity contribution in [3.8, 4) is 5.75 Å². The smallest absolute Gasteiger partial charge is 0.303 e. The Morgan fingerprint density at radius 2 is 2.29 bits per heavy atom. The quantitative estimate of drug-likeness (QED) is 0.853. The zero-order valence-electron chi connectivity index (χ0n) is 9.24. The van der Waals surface area contributed by atoms with Crippen LogP contribution in [-0.2, 0) is 4.79 Å². The summed E-state index contributed by atoms with van der Waals surface area (Å²) in [6, 6.07) is 2.25. The highest BCUT2D eigenvalue weighted by Crippen LogP contribution is 2.32. The van der Waals surface area contributed by atoms with Crippen LogP contribution in [0.25, 0.3) is 0 Å². The Balaban J connectivity index is 2.91. The molecule has 17 heavy (non-hydrogen) atoms. The summed E-state index contributed by atoms with van der Waals surface area (Å²) in [5.41, 5.74) is 5.89. The lowest BCUT2D eigenvalue weighted by atomic mass is 10.0. The molecule has 0 saturated carbocycles. The molecule has 0 bridgehead atoms. The second-order valence-corrected chi connectivity index (χ2v) is 3.90. The summed E-state index contributed by atoms with van der Waals surface area (Å²) in [6.07, 6.45) is 0.0270. The highest BCUT2D eigenvalue weighted by atomic mass is 35.5. The van der Waals surface area contributed by atoms with Crippen LogP contribution in [0.1, 0.15) is 24.4 Å². The molecular weight excluding hydrogens is 249 g/mol. The fourth-order valence-corrected chi connectivity index (χ4v) is 1.67. The van der Waals surface area contributed by atoms with Crippen molar-refractivity contribution in [3.05, 3.63) is 28.5 Å². The van der Waals surface area contributed by atoms with E-state index in [1.807, 2.05) is 0 Å². The van der Waals surface area contributed by atoms with Gasteiger partial charge in [-0.1, -0.05) is 17.7 Å². The van der Waals surface area contributed by atoms with E-state index in [-0.39, 0.29) is 29.2 Å². The number of carboxylic acid groups (broad SMARTS) is 1. The molecule has 0 aliphatic rings. The number of rotatable bonds is 5. The maximum atomic E-state index is 13.8. The zero-order chi connectivity index (χ0) is 13.0. The van der Waals surface area contributed by atoms with Crippen molar-refractivity contribution in [3.63, 3.8) is 0 Å². The minimum Gasteiger partial charge on any atom is -0.495 e. The van der Waals surface area contributed by atoms with E-state index < -0.39 is 17.8 Å². The summed E-state index contributed by atoms with van der Waals surface area (Å²) in [4.78, 5) is 10.4. The third kappa shape index (κ3) is 3.31. The standard InChI is InChI=1S/C11H13ClFNO3/c1-17-8-4-2-6(11(13)10(8)12)7(14)3-5-9(15)16/h2,4,7H,3,5,14H2,1H3,(H,15,16). The highest BCUT2D eigenvalue weighted by Gasteiger charge is 2.17. The molecule has 1 rings (SSSR count). The lowest BCUT2D eigenvalue weighted by Gasteiger charge is -2.14. The van der Waals surface area contributed by atoms with Gasteiger partial charge < -0.3 is 15.6 Å². The first-order chi connectivity index (χ1) is 7.97. The highest BCUT2D eigenvalue weighted by molar-refractivity contribution is 6.32. The van der Waals surface area contributed by atoms with Crippen LogP contribution in [0.3, 0.4) is 0 Å². The second kappa shape index (κ2) is 5.84. The van der Waals surface area contributed by atoms with Crippen LogP contribution in [0.5, 0.6) is 5.75 Å². The molecular formula is C11H13ClFNO3. The minimum absolute atomic E-state index is 0.121. The van der Waals surface area contributed by atoms with Crippen LogP contribution < -0.4 is 10.5 Å². The normalized spacial score (nSPS) is 12.2.